The fourth-order valence-corrected chi connectivity index (χ4v) is 2.55. The zero-order chi connectivity index (χ0) is 10.4. The Bertz CT molecular complexity index is 179. The minimum Gasteiger partial charge on any atom is -0.374 e. The molecule has 0 radical (unpaired) electrons. The van der Waals surface area contributed by atoms with Crippen LogP contribution in [0.4, 0.5) is 0 Å². The summed E-state index contributed by atoms with van der Waals surface area (Å²) in [6, 6.07) is 0. The molecule has 3 atom stereocenters. The summed E-state index contributed by atoms with van der Waals surface area (Å²) in [6.45, 7) is 4.41. The third-order valence-corrected chi connectivity index (χ3v) is 3.78. The lowest BCUT2D eigenvalue weighted by Gasteiger charge is -2.25. The number of hydrogen-bond acceptors (Lipinski definition) is 1. The molecule has 2 heteroatoms. The first kappa shape index (κ1) is 12.3. The van der Waals surface area contributed by atoms with Gasteiger partial charge in [0.05, 0.1) is 12.2 Å². The molecule has 0 saturated heterocycles. The van der Waals surface area contributed by atoms with Crippen molar-refractivity contribution in [1.82, 2.24) is 0 Å². The second-order valence-corrected chi connectivity index (χ2v) is 5.09. The highest BCUT2D eigenvalue weighted by atomic mass is 79.9. The molecule has 0 aromatic carbocycles. The van der Waals surface area contributed by atoms with E-state index in [9.17, 15) is 0 Å². The van der Waals surface area contributed by atoms with E-state index in [1.807, 2.05) is 0 Å². The van der Waals surface area contributed by atoms with Gasteiger partial charge in [-0.15, -0.1) is 0 Å². The summed E-state index contributed by atoms with van der Waals surface area (Å²) in [4.78, 5) is 0.482. The maximum absolute atomic E-state index is 6.10. The highest BCUT2D eigenvalue weighted by Crippen LogP contribution is 2.23. The maximum atomic E-state index is 6.10. The first-order chi connectivity index (χ1) is 6.77. The Morgan fingerprint density at radius 1 is 1.29 bits per heavy atom. The van der Waals surface area contributed by atoms with Gasteiger partial charge in [0, 0.05) is 4.83 Å². The van der Waals surface area contributed by atoms with Crippen molar-refractivity contribution in [2.45, 2.75) is 63.0 Å². The van der Waals surface area contributed by atoms with E-state index >= 15 is 0 Å². The molecule has 1 heterocycles. The van der Waals surface area contributed by atoms with Crippen LogP contribution in [0.15, 0.2) is 12.2 Å². The molecule has 0 fully saturated rings. The maximum Gasteiger partial charge on any atom is 0.0704 e. The Morgan fingerprint density at radius 3 is 2.71 bits per heavy atom. The van der Waals surface area contributed by atoms with Gasteiger partial charge < -0.3 is 4.74 Å². The van der Waals surface area contributed by atoms with Gasteiger partial charge >= 0.3 is 0 Å². The summed E-state index contributed by atoms with van der Waals surface area (Å²) < 4.78 is 6.10. The predicted molar refractivity (Wildman–Crippen MR) is 64.9 cm³/mol. The van der Waals surface area contributed by atoms with Crippen LogP contribution in [0.2, 0.25) is 0 Å². The standard InChI is InChI=1S/C12H21BrO/c1-3-10-8-6-5-7-9-11(13)12(4-2)14-10/h5,7,10-12H,3-4,6,8-9H2,1-2H3/b7-5-/t10-,11-,12+/m0/s1. The largest absolute Gasteiger partial charge is 0.374 e. The van der Waals surface area contributed by atoms with Gasteiger partial charge in [0.2, 0.25) is 0 Å². The monoisotopic (exact) mass is 260 g/mol. The van der Waals surface area contributed by atoms with Gasteiger partial charge in [0.25, 0.3) is 0 Å². The molecule has 1 nitrogen and oxygen atoms in total. The highest BCUT2D eigenvalue weighted by molar-refractivity contribution is 9.09. The van der Waals surface area contributed by atoms with Gasteiger partial charge in [0.1, 0.15) is 0 Å². The molecule has 14 heavy (non-hydrogen) atoms. The summed E-state index contributed by atoms with van der Waals surface area (Å²) in [5, 5.41) is 0. The van der Waals surface area contributed by atoms with Crippen molar-refractivity contribution in [3.63, 3.8) is 0 Å². The molecule has 82 valence electrons. The lowest BCUT2D eigenvalue weighted by atomic mass is 10.1. The second kappa shape index (κ2) is 6.62. The third-order valence-electron chi connectivity index (χ3n) is 2.81. The fraction of sp³-hybridized carbons (Fsp3) is 0.833. The number of alkyl halides is 1. The van der Waals surface area contributed by atoms with E-state index in [4.69, 9.17) is 4.74 Å². The molecular formula is C12H21BrO. The van der Waals surface area contributed by atoms with Gasteiger partial charge in [0.15, 0.2) is 0 Å². The molecule has 0 bridgehead atoms. The van der Waals surface area contributed by atoms with Crippen LogP contribution in [0, 0.1) is 0 Å². The van der Waals surface area contributed by atoms with E-state index in [1.54, 1.807) is 0 Å². The molecule has 0 saturated carbocycles. The molecule has 0 amide bonds. The smallest absolute Gasteiger partial charge is 0.0704 e. The summed E-state index contributed by atoms with van der Waals surface area (Å²) in [7, 11) is 0. The molecular weight excluding hydrogens is 240 g/mol. The van der Waals surface area contributed by atoms with Crippen LogP contribution >= 0.6 is 15.9 Å². The molecule has 0 N–H and O–H groups in total. The lowest BCUT2D eigenvalue weighted by molar-refractivity contribution is -0.0177. The van der Waals surface area contributed by atoms with Crippen LogP contribution in [-0.4, -0.2) is 17.0 Å². The summed E-state index contributed by atoms with van der Waals surface area (Å²) in [5.74, 6) is 0. The van der Waals surface area contributed by atoms with E-state index in [0.29, 0.717) is 17.0 Å². The molecule has 1 aliphatic heterocycles. The number of halogens is 1. The second-order valence-electron chi connectivity index (χ2n) is 3.91. The normalized spacial score (nSPS) is 36.9. The van der Waals surface area contributed by atoms with Gasteiger partial charge in [-0.25, -0.2) is 0 Å². The molecule has 1 rings (SSSR count). The molecule has 0 aromatic rings. The Hall–Kier alpha value is 0.180. The minimum atomic E-state index is 0.377. The molecule has 0 aromatic heterocycles. The zero-order valence-electron chi connectivity index (χ0n) is 9.21. The van der Waals surface area contributed by atoms with Gasteiger partial charge in [-0.1, -0.05) is 41.9 Å². The van der Waals surface area contributed by atoms with E-state index < -0.39 is 0 Å². The Labute approximate surface area is 96.0 Å². The minimum absolute atomic E-state index is 0.377. The molecule has 0 spiro atoms. The van der Waals surface area contributed by atoms with Crippen LogP contribution in [0.5, 0.6) is 0 Å². The first-order valence-electron chi connectivity index (χ1n) is 5.72. The topological polar surface area (TPSA) is 9.23 Å². The van der Waals surface area contributed by atoms with Gasteiger partial charge in [-0.3, -0.25) is 0 Å². The zero-order valence-corrected chi connectivity index (χ0v) is 10.8. The summed E-state index contributed by atoms with van der Waals surface area (Å²) in [6.07, 6.45) is 11.0. The Kier molecular flexibility index (Phi) is 5.80. The van der Waals surface area contributed by atoms with Crippen LogP contribution in [0.25, 0.3) is 0 Å². The van der Waals surface area contributed by atoms with E-state index in [0.717, 1.165) is 25.7 Å². The van der Waals surface area contributed by atoms with Crippen molar-refractivity contribution in [1.29, 1.82) is 0 Å². The SMILES string of the molecule is CC[C@H]1CC/C=C\C[C@H](Br)[C@@H](CC)O1. The van der Waals surface area contributed by atoms with Crippen molar-refractivity contribution in [2.75, 3.05) is 0 Å². The van der Waals surface area contributed by atoms with E-state index in [-0.39, 0.29) is 0 Å². The first-order valence-corrected chi connectivity index (χ1v) is 6.64. The van der Waals surface area contributed by atoms with Gasteiger partial charge in [-0.05, 0) is 32.1 Å². The Balaban J connectivity index is 2.58. The van der Waals surface area contributed by atoms with Crippen LogP contribution in [-0.2, 0) is 4.74 Å². The third kappa shape index (κ3) is 3.74. The van der Waals surface area contributed by atoms with E-state index in [2.05, 4.69) is 41.9 Å². The fourth-order valence-electron chi connectivity index (χ4n) is 1.83. The molecule has 1 aliphatic rings. The predicted octanol–water partition coefficient (Wildman–Crippen LogP) is 4.06. The summed E-state index contributed by atoms with van der Waals surface area (Å²) in [5.41, 5.74) is 0. The van der Waals surface area contributed by atoms with Crippen LogP contribution < -0.4 is 0 Å². The number of ether oxygens (including phenoxy) is 1. The van der Waals surface area contributed by atoms with Crippen molar-refractivity contribution in [3.05, 3.63) is 12.2 Å². The number of rotatable bonds is 2. The summed E-state index contributed by atoms with van der Waals surface area (Å²) >= 11 is 3.71. The average molecular weight is 261 g/mol. The lowest BCUT2D eigenvalue weighted by Crippen LogP contribution is -2.28. The van der Waals surface area contributed by atoms with Crippen molar-refractivity contribution in [3.8, 4) is 0 Å². The van der Waals surface area contributed by atoms with Crippen molar-refractivity contribution < 1.29 is 4.74 Å². The highest BCUT2D eigenvalue weighted by Gasteiger charge is 2.21. The van der Waals surface area contributed by atoms with Crippen molar-refractivity contribution in [2.24, 2.45) is 0 Å². The van der Waals surface area contributed by atoms with Crippen molar-refractivity contribution >= 4 is 15.9 Å². The van der Waals surface area contributed by atoms with Crippen LogP contribution in [0.1, 0.15) is 46.0 Å². The van der Waals surface area contributed by atoms with Crippen LogP contribution in [0.3, 0.4) is 0 Å². The molecule has 0 unspecified atom stereocenters. The Morgan fingerprint density at radius 2 is 2.07 bits per heavy atom. The van der Waals surface area contributed by atoms with Gasteiger partial charge in [-0.2, -0.15) is 0 Å². The quantitative estimate of drug-likeness (QED) is 0.538. The van der Waals surface area contributed by atoms with E-state index in [1.165, 1.54) is 6.42 Å². The number of allylic oxidation sites excluding steroid dienone is 2. The molecule has 0 aliphatic carbocycles. The number of hydrogen-bond donors (Lipinski definition) is 0. The average Bonchev–Trinajstić information content (AvgIpc) is 2.29.